The van der Waals surface area contributed by atoms with Crippen molar-refractivity contribution in [1.82, 2.24) is 19.4 Å². The van der Waals surface area contributed by atoms with Gasteiger partial charge in [0.05, 0.1) is 34.7 Å². The van der Waals surface area contributed by atoms with Crippen molar-refractivity contribution in [2.75, 3.05) is 5.32 Å². The van der Waals surface area contributed by atoms with Crippen molar-refractivity contribution in [1.29, 1.82) is 0 Å². The van der Waals surface area contributed by atoms with Gasteiger partial charge in [0.15, 0.2) is 0 Å². The minimum Gasteiger partial charge on any atom is -0.493 e. The molecule has 204 valence electrons. The standard InChI is InChI=1S/C25H22F3N5O5S/c1-16-22(34)33(19-7-9-20(10-8-19)39(37,38)25(26,27)28)24(36)32(16)15-18-11-12-29-14-21(18)31-23(35)30-13-17-5-3-2-4-6-17/h2-12,14,34H,13,15H2,1H3,(H2,30,31,35). The lowest BCUT2D eigenvalue weighted by Crippen LogP contribution is -2.29. The molecule has 0 aliphatic carbocycles. The van der Waals surface area contributed by atoms with E-state index >= 15 is 0 Å². The van der Waals surface area contributed by atoms with Crippen LogP contribution in [-0.4, -0.2) is 39.2 Å². The minimum absolute atomic E-state index is 0.0474. The maximum absolute atomic E-state index is 13.2. The molecule has 39 heavy (non-hydrogen) atoms. The molecule has 0 saturated carbocycles. The fourth-order valence-electron chi connectivity index (χ4n) is 3.75. The highest BCUT2D eigenvalue weighted by Gasteiger charge is 2.46. The largest absolute Gasteiger partial charge is 0.501 e. The Bertz CT molecular complexity index is 1670. The van der Waals surface area contributed by atoms with Crippen molar-refractivity contribution in [2.45, 2.75) is 30.4 Å². The second kappa shape index (κ2) is 10.6. The lowest BCUT2D eigenvalue weighted by Gasteiger charge is -2.12. The summed E-state index contributed by atoms with van der Waals surface area (Å²) in [5.74, 6) is -0.490. The van der Waals surface area contributed by atoms with Crippen LogP contribution in [0.3, 0.4) is 0 Å². The van der Waals surface area contributed by atoms with Crippen LogP contribution in [0.2, 0.25) is 0 Å². The first-order valence-corrected chi connectivity index (χ1v) is 12.8. The fourth-order valence-corrected chi connectivity index (χ4v) is 4.51. The maximum atomic E-state index is 13.2. The maximum Gasteiger partial charge on any atom is 0.501 e. The molecule has 0 aliphatic rings. The Hall–Kier alpha value is -4.59. The SMILES string of the molecule is Cc1c(O)n(-c2ccc(S(=O)(=O)C(F)(F)F)cc2)c(=O)n1Cc1ccncc1NC(=O)NCc1ccccc1. The average molecular weight is 562 g/mol. The van der Waals surface area contributed by atoms with Gasteiger partial charge in [-0.1, -0.05) is 30.3 Å². The lowest BCUT2D eigenvalue weighted by atomic mass is 10.2. The minimum atomic E-state index is -5.57. The van der Waals surface area contributed by atoms with Crippen molar-refractivity contribution in [3.8, 4) is 11.6 Å². The Morgan fingerprint density at radius 1 is 1.05 bits per heavy atom. The smallest absolute Gasteiger partial charge is 0.493 e. The molecule has 0 bridgehead atoms. The molecular weight excluding hydrogens is 539 g/mol. The third-order valence-electron chi connectivity index (χ3n) is 5.86. The lowest BCUT2D eigenvalue weighted by molar-refractivity contribution is -0.0436. The zero-order chi connectivity index (χ0) is 28.4. The van der Waals surface area contributed by atoms with Gasteiger partial charge in [0, 0.05) is 12.7 Å². The number of halogens is 3. The van der Waals surface area contributed by atoms with Gasteiger partial charge in [0.1, 0.15) is 0 Å². The van der Waals surface area contributed by atoms with Crippen LogP contribution in [0.5, 0.6) is 5.88 Å². The molecule has 3 N–H and O–H groups in total. The van der Waals surface area contributed by atoms with E-state index in [1.54, 1.807) is 6.07 Å². The number of aromatic hydroxyl groups is 1. The van der Waals surface area contributed by atoms with Gasteiger partial charge in [0.2, 0.25) is 5.88 Å². The quantitative estimate of drug-likeness (QED) is 0.315. The Balaban J connectivity index is 1.58. The fraction of sp³-hybridized carbons (Fsp3) is 0.160. The first-order chi connectivity index (χ1) is 18.4. The van der Waals surface area contributed by atoms with E-state index < -0.39 is 37.8 Å². The third-order valence-corrected chi connectivity index (χ3v) is 7.36. The second-order valence-electron chi connectivity index (χ2n) is 8.38. The van der Waals surface area contributed by atoms with Gasteiger partial charge in [-0.2, -0.15) is 13.2 Å². The summed E-state index contributed by atoms with van der Waals surface area (Å²) in [6.07, 6.45) is 2.86. The molecule has 14 heteroatoms. The van der Waals surface area contributed by atoms with Gasteiger partial charge in [-0.25, -0.2) is 22.6 Å². The topological polar surface area (TPSA) is 135 Å². The Morgan fingerprint density at radius 3 is 2.36 bits per heavy atom. The predicted molar refractivity (Wildman–Crippen MR) is 135 cm³/mol. The number of urea groups is 1. The molecule has 0 radical (unpaired) electrons. The molecule has 0 spiro atoms. The van der Waals surface area contributed by atoms with E-state index in [0.717, 1.165) is 22.3 Å². The van der Waals surface area contributed by atoms with Crippen LogP contribution in [0.15, 0.2) is 82.7 Å². The Morgan fingerprint density at radius 2 is 1.72 bits per heavy atom. The summed E-state index contributed by atoms with van der Waals surface area (Å²) in [5, 5.41) is 16.0. The van der Waals surface area contributed by atoms with Crippen LogP contribution in [0.25, 0.3) is 5.69 Å². The zero-order valence-corrected chi connectivity index (χ0v) is 21.1. The highest BCUT2D eigenvalue weighted by molar-refractivity contribution is 7.92. The number of hydrogen-bond donors (Lipinski definition) is 3. The van der Waals surface area contributed by atoms with E-state index in [0.29, 0.717) is 23.4 Å². The van der Waals surface area contributed by atoms with Gasteiger partial charge in [-0.05, 0) is 48.4 Å². The summed E-state index contributed by atoms with van der Waals surface area (Å²) in [6, 6.07) is 13.7. The monoisotopic (exact) mass is 561 g/mol. The number of benzene rings is 2. The Labute approximate surface area is 220 Å². The van der Waals surface area contributed by atoms with Crippen molar-refractivity contribution in [3.63, 3.8) is 0 Å². The predicted octanol–water partition coefficient (Wildman–Crippen LogP) is 3.71. The number of anilines is 1. The molecule has 4 rings (SSSR count). The molecular formula is C25H22F3N5O5S. The number of alkyl halides is 3. The van der Waals surface area contributed by atoms with Gasteiger partial charge >= 0.3 is 17.2 Å². The van der Waals surface area contributed by atoms with Gasteiger partial charge in [-0.15, -0.1) is 0 Å². The van der Waals surface area contributed by atoms with Gasteiger partial charge in [-0.3, -0.25) is 9.55 Å². The Kier molecular flexibility index (Phi) is 7.49. The van der Waals surface area contributed by atoms with Crippen molar-refractivity contribution in [2.24, 2.45) is 0 Å². The first-order valence-electron chi connectivity index (χ1n) is 11.3. The van der Waals surface area contributed by atoms with Crippen molar-refractivity contribution < 1.29 is 31.5 Å². The molecule has 10 nitrogen and oxygen atoms in total. The summed E-state index contributed by atoms with van der Waals surface area (Å²) in [6.45, 7) is 1.64. The van der Waals surface area contributed by atoms with E-state index in [9.17, 15) is 36.3 Å². The van der Waals surface area contributed by atoms with Gasteiger partial charge < -0.3 is 15.7 Å². The van der Waals surface area contributed by atoms with Crippen molar-refractivity contribution >= 4 is 21.6 Å². The molecule has 4 aromatic rings. The van der Waals surface area contributed by atoms with Crippen LogP contribution in [0, 0.1) is 6.92 Å². The molecule has 2 aromatic carbocycles. The molecule has 0 saturated heterocycles. The van der Waals surface area contributed by atoms with E-state index in [4.69, 9.17) is 0 Å². The number of pyridine rings is 1. The van der Waals surface area contributed by atoms with Crippen LogP contribution >= 0.6 is 0 Å². The number of nitrogens with one attached hydrogen (secondary N) is 2. The zero-order valence-electron chi connectivity index (χ0n) is 20.3. The number of hydrogen-bond acceptors (Lipinski definition) is 6. The van der Waals surface area contributed by atoms with E-state index in [2.05, 4.69) is 15.6 Å². The molecule has 2 aromatic heterocycles. The molecule has 2 amide bonds. The normalized spacial score (nSPS) is 11.8. The molecule has 2 heterocycles. The average Bonchev–Trinajstić information content (AvgIpc) is 3.11. The van der Waals surface area contributed by atoms with E-state index in [1.807, 2.05) is 30.3 Å². The second-order valence-corrected chi connectivity index (χ2v) is 10.3. The summed E-state index contributed by atoms with van der Waals surface area (Å²) < 4.78 is 63.8. The molecule has 0 atom stereocenters. The number of amides is 2. The van der Waals surface area contributed by atoms with Crippen LogP contribution in [0.4, 0.5) is 23.7 Å². The molecule has 0 aliphatic heterocycles. The summed E-state index contributed by atoms with van der Waals surface area (Å²) >= 11 is 0. The number of imidazole rings is 1. The van der Waals surface area contributed by atoms with Crippen LogP contribution in [-0.2, 0) is 22.9 Å². The van der Waals surface area contributed by atoms with E-state index in [1.165, 1.54) is 23.9 Å². The van der Waals surface area contributed by atoms with Crippen molar-refractivity contribution in [3.05, 3.63) is 100 Å². The number of carbonyl (C=O) groups is 1. The molecule has 0 fully saturated rings. The third kappa shape index (κ3) is 5.65. The highest BCUT2D eigenvalue weighted by atomic mass is 32.2. The number of carbonyl (C=O) groups excluding carboxylic acids is 1. The number of aromatic nitrogens is 3. The van der Waals surface area contributed by atoms with E-state index in [-0.39, 0.29) is 24.5 Å². The van der Waals surface area contributed by atoms with Crippen LogP contribution < -0.4 is 16.3 Å². The number of nitrogens with zero attached hydrogens (tertiary/aromatic N) is 3. The number of sulfone groups is 1. The van der Waals surface area contributed by atoms with Crippen LogP contribution in [0.1, 0.15) is 16.8 Å². The molecule has 0 unspecified atom stereocenters. The summed E-state index contributed by atoms with van der Waals surface area (Å²) in [4.78, 5) is 28.7. The summed E-state index contributed by atoms with van der Waals surface area (Å²) in [5.41, 5.74) is -4.47. The summed E-state index contributed by atoms with van der Waals surface area (Å²) in [7, 11) is -5.57. The van der Waals surface area contributed by atoms with Gasteiger partial charge in [0.25, 0.3) is 9.84 Å². The first kappa shape index (κ1) is 27.4. The number of rotatable bonds is 7. The highest BCUT2D eigenvalue weighted by Crippen LogP contribution is 2.31.